The number of anilines is 1. The zero-order valence-corrected chi connectivity index (χ0v) is 20.4. The fourth-order valence-electron chi connectivity index (χ4n) is 3.26. The van der Waals surface area contributed by atoms with Crippen molar-refractivity contribution in [2.45, 2.75) is 31.2 Å². The number of sulfonamides is 1. The second-order valence-electron chi connectivity index (χ2n) is 7.74. The summed E-state index contributed by atoms with van der Waals surface area (Å²) >= 11 is 0. The molecule has 0 saturated carbocycles. The highest BCUT2D eigenvalue weighted by Crippen LogP contribution is 2.19. The summed E-state index contributed by atoms with van der Waals surface area (Å²) < 4.78 is 38.4. The Balaban J connectivity index is 1.50. The van der Waals surface area contributed by atoms with Crippen molar-refractivity contribution in [1.82, 2.24) is 4.72 Å². The smallest absolute Gasteiger partial charge is 0.310 e. The minimum atomic E-state index is -3.72. The molecular weight excluding hydrogens is 468 g/mol. The van der Waals surface area contributed by atoms with E-state index in [9.17, 15) is 18.0 Å². The van der Waals surface area contributed by atoms with Gasteiger partial charge in [0.05, 0.1) is 17.9 Å². The monoisotopic (exact) mass is 496 g/mol. The molecular formula is C26H28N2O6S. The van der Waals surface area contributed by atoms with Gasteiger partial charge in [0.25, 0.3) is 5.91 Å². The van der Waals surface area contributed by atoms with Crippen LogP contribution in [0.2, 0.25) is 0 Å². The van der Waals surface area contributed by atoms with Gasteiger partial charge in [0.15, 0.2) is 6.61 Å². The standard InChI is InChI=1S/C26H28N2O6S/c1-3-33-26(30)17-20-9-11-22(12-10-20)27-25(29)18-34-23-13-15-24(16-14-23)35(31,32)28-19(2)21-7-5-4-6-8-21/h4-16,19,28H,3,17-18H2,1-2H3,(H,27,29). The second-order valence-corrected chi connectivity index (χ2v) is 9.45. The van der Waals surface area contributed by atoms with Crippen LogP contribution in [0.15, 0.2) is 83.8 Å². The molecule has 1 atom stereocenters. The summed E-state index contributed by atoms with van der Waals surface area (Å²) in [6, 6.07) is 21.6. The summed E-state index contributed by atoms with van der Waals surface area (Å²) in [6.45, 7) is 3.60. The SMILES string of the molecule is CCOC(=O)Cc1ccc(NC(=O)COc2ccc(S(=O)(=O)NC(C)c3ccccc3)cc2)cc1. The zero-order valence-electron chi connectivity index (χ0n) is 19.6. The van der Waals surface area contributed by atoms with Crippen LogP contribution in [-0.4, -0.2) is 33.5 Å². The van der Waals surface area contributed by atoms with Gasteiger partial charge in [0.2, 0.25) is 10.0 Å². The minimum Gasteiger partial charge on any atom is -0.484 e. The van der Waals surface area contributed by atoms with Crippen molar-refractivity contribution in [1.29, 1.82) is 0 Å². The van der Waals surface area contributed by atoms with E-state index in [4.69, 9.17) is 9.47 Å². The van der Waals surface area contributed by atoms with E-state index in [1.54, 1.807) is 38.1 Å². The molecule has 35 heavy (non-hydrogen) atoms. The maximum Gasteiger partial charge on any atom is 0.310 e. The van der Waals surface area contributed by atoms with Gasteiger partial charge in [-0.25, -0.2) is 13.1 Å². The molecule has 184 valence electrons. The van der Waals surface area contributed by atoms with Gasteiger partial charge >= 0.3 is 5.97 Å². The van der Waals surface area contributed by atoms with Gasteiger partial charge in [-0.1, -0.05) is 42.5 Å². The summed E-state index contributed by atoms with van der Waals surface area (Å²) in [5, 5.41) is 2.70. The van der Waals surface area contributed by atoms with E-state index in [-0.39, 0.29) is 35.8 Å². The normalized spacial score (nSPS) is 11.9. The average molecular weight is 497 g/mol. The zero-order chi connectivity index (χ0) is 25.3. The van der Waals surface area contributed by atoms with Crippen LogP contribution in [0.4, 0.5) is 5.69 Å². The number of esters is 1. The molecule has 0 aliphatic rings. The quantitative estimate of drug-likeness (QED) is 0.390. The molecule has 0 aliphatic heterocycles. The van der Waals surface area contributed by atoms with Crippen LogP contribution in [-0.2, 0) is 30.8 Å². The molecule has 0 aliphatic carbocycles. The first-order chi connectivity index (χ1) is 16.8. The Morgan fingerprint density at radius 2 is 1.57 bits per heavy atom. The highest BCUT2D eigenvalue weighted by molar-refractivity contribution is 7.89. The first-order valence-corrected chi connectivity index (χ1v) is 12.6. The Morgan fingerprint density at radius 3 is 2.20 bits per heavy atom. The van der Waals surface area contributed by atoms with E-state index < -0.39 is 10.0 Å². The van der Waals surface area contributed by atoms with Crippen LogP contribution >= 0.6 is 0 Å². The summed E-state index contributed by atoms with van der Waals surface area (Å²) in [4.78, 5) is 23.8. The lowest BCUT2D eigenvalue weighted by atomic mass is 10.1. The highest BCUT2D eigenvalue weighted by atomic mass is 32.2. The molecule has 0 fully saturated rings. The Morgan fingerprint density at radius 1 is 0.914 bits per heavy atom. The topological polar surface area (TPSA) is 111 Å². The van der Waals surface area contributed by atoms with Crippen LogP contribution in [0, 0.1) is 0 Å². The molecule has 0 bridgehead atoms. The predicted molar refractivity (Wildman–Crippen MR) is 133 cm³/mol. The number of hydrogen-bond donors (Lipinski definition) is 2. The molecule has 1 unspecified atom stereocenters. The lowest BCUT2D eigenvalue weighted by Gasteiger charge is -2.15. The summed E-state index contributed by atoms with van der Waals surface area (Å²) in [5.74, 6) is -0.323. The number of benzene rings is 3. The van der Waals surface area contributed by atoms with Crippen molar-refractivity contribution < 1.29 is 27.5 Å². The molecule has 0 heterocycles. The molecule has 2 N–H and O–H groups in total. The predicted octanol–water partition coefficient (Wildman–Crippen LogP) is 3.85. The van der Waals surface area contributed by atoms with E-state index in [1.165, 1.54) is 24.3 Å². The average Bonchev–Trinajstić information content (AvgIpc) is 2.85. The molecule has 8 nitrogen and oxygen atoms in total. The first kappa shape index (κ1) is 25.9. The Hall–Kier alpha value is -3.69. The number of ether oxygens (including phenoxy) is 2. The summed E-state index contributed by atoms with van der Waals surface area (Å²) in [5.41, 5.74) is 2.20. The molecule has 3 rings (SSSR count). The Kier molecular flexibility index (Phi) is 8.99. The lowest BCUT2D eigenvalue weighted by molar-refractivity contribution is -0.142. The minimum absolute atomic E-state index is 0.0972. The molecule has 0 spiro atoms. The number of carbonyl (C=O) groups is 2. The number of amides is 1. The molecule has 3 aromatic rings. The van der Waals surface area contributed by atoms with Gasteiger partial charge in [-0.3, -0.25) is 9.59 Å². The number of nitrogens with one attached hydrogen (secondary N) is 2. The molecule has 1 amide bonds. The summed E-state index contributed by atoms with van der Waals surface area (Å²) in [6.07, 6.45) is 0.164. The summed E-state index contributed by atoms with van der Waals surface area (Å²) in [7, 11) is -3.72. The van der Waals surface area contributed by atoms with E-state index in [0.717, 1.165) is 11.1 Å². The molecule has 0 aromatic heterocycles. The van der Waals surface area contributed by atoms with Crippen LogP contribution in [0.5, 0.6) is 5.75 Å². The maximum atomic E-state index is 12.7. The van der Waals surface area contributed by atoms with Gasteiger partial charge in [-0.15, -0.1) is 0 Å². The third kappa shape index (κ3) is 7.94. The van der Waals surface area contributed by atoms with Crippen molar-refractivity contribution in [3.05, 3.63) is 90.0 Å². The molecule has 9 heteroatoms. The lowest BCUT2D eigenvalue weighted by Crippen LogP contribution is -2.26. The van der Waals surface area contributed by atoms with Gasteiger partial charge in [0.1, 0.15) is 5.75 Å². The van der Waals surface area contributed by atoms with Gasteiger partial charge in [0, 0.05) is 11.7 Å². The van der Waals surface area contributed by atoms with Crippen LogP contribution in [0.1, 0.15) is 31.0 Å². The van der Waals surface area contributed by atoms with Gasteiger partial charge in [-0.2, -0.15) is 0 Å². The van der Waals surface area contributed by atoms with Gasteiger partial charge < -0.3 is 14.8 Å². The number of hydrogen-bond acceptors (Lipinski definition) is 6. The van der Waals surface area contributed by atoms with Crippen molar-refractivity contribution in [2.75, 3.05) is 18.5 Å². The van der Waals surface area contributed by atoms with Crippen molar-refractivity contribution in [3.8, 4) is 5.75 Å². The second kappa shape index (κ2) is 12.1. The third-order valence-electron chi connectivity index (χ3n) is 5.03. The first-order valence-electron chi connectivity index (χ1n) is 11.1. The van der Waals surface area contributed by atoms with E-state index in [1.807, 2.05) is 30.3 Å². The molecule has 0 radical (unpaired) electrons. The van der Waals surface area contributed by atoms with E-state index >= 15 is 0 Å². The maximum absolute atomic E-state index is 12.7. The van der Waals surface area contributed by atoms with Gasteiger partial charge in [-0.05, 0) is 61.4 Å². The largest absolute Gasteiger partial charge is 0.484 e. The van der Waals surface area contributed by atoms with Crippen molar-refractivity contribution >= 4 is 27.6 Å². The van der Waals surface area contributed by atoms with E-state index in [0.29, 0.717) is 18.0 Å². The fraction of sp³-hybridized carbons (Fsp3) is 0.231. The van der Waals surface area contributed by atoms with E-state index in [2.05, 4.69) is 10.0 Å². The molecule has 3 aromatic carbocycles. The highest BCUT2D eigenvalue weighted by Gasteiger charge is 2.18. The van der Waals surface area contributed by atoms with Crippen LogP contribution < -0.4 is 14.8 Å². The number of carbonyl (C=O) groups excluding carboxylic acids is 2. The molecule has 0 saturated heterocycles. The fourth-order valence-corrected chi connectivity index (χ4v) is 4.49. The number of rotatable bonds is 11. The van der Waals surface area contributed by atoms with Crippen molar-refractivity contribution in [3.63, 3.8) is 0 Å². The van der Waals surface area contributed by atoms with Crippen molar-refractivity contribution in [2.24, 2.45) is 0 Å². The van der Waals surface area contributed by atoms with Crippen LogP contribution in [0.25, 0.3) is 0 Å². The Bertz CT molecular complexity index is 1230. The Labute approximate surface area is 205 Å². The third-order valence-corrected chi connectivity index (χ3v) is 6.58. The van der Waals surface area contributed by atoms with Crippen LogP contribution in [0.3, 0.4) is 0 Å².